The van der Waals surface area contributed by atoms with Crippen molar-refractivity contribution in [3.05, 3.63) is 47.7 Å². The number of amides is 3. The second kappa shape index (κ2) is 12.4. The lowest BCUT2D eigenvalue weighted by molar-refractivity contribution is -0.134. The van der Waals surface area contributed by atoms with E-state index in [-0.39, 0.29) is 48.7 Å². The summed E-state index contributed by atoms with van der Waals surface area (Å²) in [4.78, 5) is 33.5. The van der Waals surface area contributed by atoms with Gasteiger partial charge in [-0.15, -0.1) is 0 Å². The van der Waals surface area contributed by atoms with Crippen LogP contribution in [-0.2, 0) is 28.3 Å². The first kappa shape index (κ1) is 30.8. The number of imidazole rings is 1. The number of aromatic nitrogens is 3. The lowest BCUT2D eigenvalue weighted by Gasteiger charge is -2.34. The Morgan fingerprint density at radius 1 is 1.31 bits per heavy atom. The van der Waals surface area contributed by atoms with E-state index in [2.05, 4.69) is 20.2 Å². The van der Waals surface area contributed by atoms with Gasteiger partial charge in [-0.25, -0.2) is 9.78 Å². The third-order valence-electron chi connectivity index (χ3n) is 7.19. The molecule has 2 aromatic heterocycles. The second-order valence-electron chi connectivity index (χ2n) is 10.7. The highest BCUT2D eigenvalue weighted by molar-refractivity contribution is 7.92. The minimum atomic E-state index is -3.97. The fourth-order valence-electron chi connectivity index (χ4n) is 4.66. The Morgan fingerprint density at radius 2 is 2.05 bits per heavy atom. The van der Waals surface area contributed by atoms with Gasteiger partial charge in [0, 0.05) is 44.0 Å². The van der Waals surface area contributed by atoms with Crippen LogP contribution < -0.4 is 14.8 Å². The van der Waals surface area contributed by atoms with Crippen molar-refractivity contribution in [2.24, 2.45) is 13.0 Å². The zero-order chi connectivity index (χ0) is 30.8. The second-order valence-corrected chi connectivity index (χ2v) is 12.3. The molecule has 0 aliphatic carbocycles. The summed E-state index contributed by atoms with van der Waals surface area (Å²) >= 11 is 0. The summed E-state index contributed by atoms with van der Waals surface area (Å²) in [5.41, 5.74) is 1.74. The van der Waals surface area contributed by atoms with Gasteiger partial charge in [-0.2, -0.15) is 8.42 Å². The van der Waals surface area contributed by atoms with Crippen LogP contribution in [0, 0.1) is 19.8 Å². The molecule has 0 radical (unpaired) electrons. The fraction of sp³-hybridized carbons (Fsp3) is 0.481. The predicted molar refractivity (Wildman–Crippen MR) is 154 cm³/mol. The monoisotopic (exact) mass is 603 g/mol. The molecule has 15 heteroatoms. The largest absolute Gasteiger partial charge is 0.488 e. The van der Waals surface area contributed by atoms with E-state index in [0.717, 1.165) is 0 Å². The van der Waals surface area contributed by atoms with Crippen molar-refractivity contribution in [1.82, 2.24) is 24.5 Å². The molecule has 3 amide bonds. The minimum Gasteiger partial charge on any atom is -0.488 e. The summed E-state index contributed by atoms with van der Waals surface area (Å²) in [5, 5.41) is 16.4. The summed E-state index contributed by atoms with van der Waals surface area (Å²) in [7, 11) is -0.675. The van der Waals surface area contributed by atoms with Gasteiger partial charge in [0.1, 0.15) is 23.2 Å². The van der Waals surface area contributed by atoms with Crippen molar-refractivity contribution in [2.45, 2.75) is 51.3 Å². The third-order valence-corrected chi connectivity index (χ3v) is 8.46. The molecular formula is C27H37N7O7S. The van der Waals surface area contributed by atoms with Gasteiger partial charge in [0.15, 0.2) is 10.8 Å². The number of nitrogens with one attached hydrogen (secondary N) is 2. The molecule has 4 rings (SSSR count). The highest BCUT2D eigenvalue weighted by atomic mass is 32.2. The number of sulfonamides is 1. The Balaban J connectivity index is 1.62. The number of nitrogens with zero attached hydrogens (tertiary/aromatic N) is 5. The van der Waals surface area contributed by atoms with Crippen LogP contribution in [0.3, 0.4) is 0 Å². The maximum absolute atomic E-state index is 13.4. The van der Waals surface area contributed by atoms with Crippen LogP contribution in [0.5, 0.6) is 5.75 Å². The average molecular weight is 604 g/mol. The molecule has 0 spiro atoms. The number of aliphatic hydroxyl groups is 1. The molecule has 1 aliphatic heterocycles. The molecule has 1 aromatic carbocycles. The highest BCUT2D eigenvalue weighted by Crippen LogP contribution is 2.30. The Labute approximate surface area is 244 Å². The lowest BCUT2D eigenvalue weighted by Crippen LogP contribution is -2.48. The predicted octanol–water partition coefficient (Wildman–Crippen LogP) is 2.14. The molecule has 42 heavy (non-hydrogen) atoms. The molecule has 3 heterocycles. The van der Waals surface area contributed by atoms with Crippen LogP contribution in [0.1, 0.15) is 30.9 Å². The molecule has 0 saturated carbocycles. The van der Waals surface area contributed by atoms with Crippen molar-refractivity contribution in [3.63, 3.8) is 0 Å². The van der Waals surface area contributed by atoms with E-state index in [1.807, 2.05) is 6.92 Å². The van der Waals surface area contributed by atoms with Crippen LogP contribution in [0.15, 0.2) is 40.3 Å². The first-order chi connectivity index (χ1) is 19.8. The van der Waals surface area contributed by atoms with Crippen molar-refractivity contribution in [1.29, 1.82) is 0 Å². The molecule has 3 N–H and O–H groups in total. The molecule has 228 valence electrons. The van der Waals surface area contributed by atoms with Crippen molar-refractivity contribution in [2.75, 3.05) is 36.8 Å². The van der Waals surface area contributed by atoms with Gasteiger partial charge in [0.05, 0.1) is 31.9 Å². The van der Waals surface area contributed by atoms with Crippen LogP contribution in [0.4, 0.5) is 16.2 Å². The summed E-state index contributed by atoms with van der Waals surface area (Å²) in [6.45, 7) is 7.30. The number of hydrogen-bond acceptors (Lipinski definition) is 9. The quantitative estimate of drug-likeness (QED) is 0.349. The summed E-state index contributed by atoms with van der Waals surface area (Å²) in [6.07, 6.45) is 2.13. The number of benzene rings is 1. The van der Waals surface area contributed by atoms with Crippen LogP contribution >= 0.6 is 0 Å². The number of carbonyl (C=O) groups excluding carboxylic acids is 2. The molecule has 3 aromatic rings. The standard InChI is InChI=1S/C27H37N7O7S/c1-16-11-34(17(2)14-35)25(36)10-20-9-21(31-42(38,39)24-13-32(5)15-28-24)7-8-22(20)40-23(16)12-33(6)27(37)29-26-18(3)30-41-19(26)4/h7-9,13,15-17,23,31,35H,10-12,14H2,1-6H3,(H,29,37)/t16-,17+,23+/m1/s1. The van der Waals surface area contributed by atoms with Crippen LogP contribution in [-0.4, -0.2) is 88.9 Å². The van der Waals surface area contributed by atoms with Gasteiger partial charge in [0.2, 0.25) is 5.91 Å². The van der Waals surface area contributed by atoms with Gasteiger partial charge in [0.25, 0.3) is 10.0 Å². The van der Waals surface area contributed by atoms with E-state index < -0.39 is 28.2 Å². The molecular weight excluding hydrogens is 566 g/mol. The summed E-state index contributed by atoms with van der Waals surface area (Å²) < 4.78 is 41.3. The zero-order valence-corrected chi connectivity index (χ0v) is 25.3. The Kier molecular flexibility index (Phi) is 9.11. The molecule has 14 nitrogen and oxygen atoms in total. The van der Waals surface area contributed by atoms with Gasteiger partial charge in [-0.05, 0) is 39.0 Å². The Hall–Kier alpha value is -4.11. The normalized spacial score (nSPS) is 18.3. The number of aryl methyl sites for hydroxylation is 3. The highest BCUT2D eigenvalue weighted by Gasteiger charge is 2.32. The molecule has 0 unspecified atom stereocenters. The summed E-state index contributed by atoms with van der Waals surface area (Å²) in [5.74, 6) is 0.379. The SMILES string of the molecule is Cc1noc(C)c1NC(=O)N(C)C[C@@H]1Oc2ccc(NS(=O)(=O)c3cn(C)cn3)cc2CC(=O)N([C@@H](C)CO)C[C@H]1C. The Bertz CT molecular complexity index is 1530. The maximum atomic E-state index is 13.4. The number of ether oxygens (including phenoxy) is 1. The number of fused-ring (bicyclic) bond motifs is 1. The van der Waals surface area contributed by atoms with E-state index in [0.29, 0.717) is 28.5 Å². The van der Waals surface area contributed by atoms with Crippen molar-refractivity contribution >= 4 is 33.3 Å². The number of carbonyl (C=O) groups is 2. The van der Waals surface area contributed by atoms with Gasteiger partial charge in [-0.1, -0.05) is 12.1 Å². The van der Waals surface area contributed by atoms with E-state index in [4.69, 9.17) is 9.26 Å². The molecule has 0 bridgehead atoms. The minimum absolute atomic E-state index is 0.0827. The molecule has 3 atom stereocenters. The number of rotatable bonds is 8. The lowest BCUT2D eigenvalue weighted by atomic mass is 10.0. The summed E-state index contributed by atoms with van der Waals surface area (Å²) in [6, 6.07) is 3.85. The number of urea groups is 1. The van der Waals surface area contributed by atoms with Crippen LogP contribution in [0.25, 0.3) is 0 Å². The van der Waals surface area contributed by atoms with Gasteiger partial charge < -0.3 is 34.1 Å². The average Bonchev–Trinajstić information content (AvgIpc) is 3.53. The number of hydrogen-bond donors (Lipinski definition) is 3. The van der Waals surface area contributed by atoms with E-state index in [1.54, 1.807) is 58.0 Å². The van der Waals surface area contributed by atoms with Gasteiger partial charge >= 0.3 is 6.03 Å². The molecule has 1 aliphatic rings. The van der Waals surface area contributed by atoms with Crippen molar-refractivity contribution in [3.8, 4) is 5.75 Å². The van der Waals surface area contributed by atoms with E-state index in [9.17, 15) is 23.1 Å². The smallest absolute Gasteiger partial charge is 0.321 e. The van der Waals surface area contributed by atoms with Crippen molar-refractivity contribution < 1.29 is 32.4 Å². The first-order valence-electron chi connectivity index (χ1n) is 13.4. The third kappa shape index (κ3) is 6.85. The van der Waals surface area contributed by atoms with E-state index >= 15 is 0 Å². The fourth-order valence-corrected chi connectivity index (χ4v) is 5.70. The number of likely N-dealkylation sites (N-methyl/N-ethyl adjacent to an activating group) is 1. The molecule has 0 fully saturated rings. The number of anilines is 2. The zero-order valence-electron chi connectivity index (χ0n) is 24.5. The first-order valence-corrected chi connectivity index (χ1v) is 14.9. The maximum Gasteiger partial charge on any atom is 0.321 e. The van der Waals surface area contributed by atoms with Gasteiger partial charge in [-0.3, -0.25) is 9.52 Å². The van der Waals surface area contributed by atoms with E-state index in [1.165, 1.54) is 22.0 Å². The number of aliphatic hydroxyl groups excluding tert-OH is 1. The Morgan fingerprint density at radius 3 is 2.67 bits per heavy atom. The molecule has 0 saturated heterocycles. The topological polar surface area (TPSA) is 172 Å². The van der Waals surface area contributed by atoms with Crippen LogP contribution in [0.2, 0.25) is 0 Å².